The third-order valence-corrected chi connectivity index (χ3v) is 8.61. The van der Waals surface area contributed by atoms with Crippen molar-refractivity contribution >= 4 is 15.9 Å². The number of sulfonamides is 1. The Hall–Kier alpha value is -2.38. The minimum absolute atomic E-state index is 0.181. The van der Waals surface area contributed by atoms with Gasteiger partial charge in [0.25, 0.3) is 5.91 Å². The molecule has 1 amide bonds. The van der Waals surface area contributed by atoms with E-state index in [9.17, 15) is 13.2 Å². The van der Waals surface area contributed by atoms with E-state index >= 15 is 0 Å². The maximum Gasteiger partial charge on any atom is 0.252 e. The van der Waals surface area contributed by atoms with Gasteiger partial charge in [0.05, 0.1) is 18.0 Å². The molecule has 34 heavy (non-hydrogen) atoms. The third kappa shape index (κ3) is 5.63. The molecule has 0 spiro atoms. The van der Waals surface area contributed by atoms with Crippen molar-refractivity contribution in [3.63, 3.8) is 0 Å². The molecule has 0 aliphatic carbocycles. The van der Waals surface area contributed by atoms with Crippen LogP contribution in [0.15, 0.2) is 35.2 Å². The second-order valence-electron chi connectivity index (χ2n) is 9.60. The monoisotopic (exact) mass is 486 g/mol. The molecule has 6 nitrogen and oxygen atoms in total. The number of methoxy groups -OCH3 is 1. The number of nitrogens with one attached hydrogen (secondary N) is 1. The first-order chi connectivity index (χ1) is 16.1. The number of rotatable bonds is 7. The number of nitrogens with zero attached hydrogens (tertiary/aromatic N) is 1. The molecule has 7 heteroatoms. The summed E-state index contributed by atoms with van der Waals surface area (Å²) in [6.45, 7) is 11.1. The topological polar surface area (TPSA) is 75.7 Å². The molecule has 1 N–H and O–H groups in total. The molecule has 1 unspecified atom stereocenters. The van der Waals surface area contributed by atoms with Crippen molar-refractivity contribution in [1.82, 2.24) is 9.62 Å². The van der Waals surface area contributed by atoms with Crippen molar-refractivity contribution in [2.45, 2.75) is 77.2 Å². The number of aryl methyl sites for hydroxylation is 2. The number of hydrogen-bond donors (Lipinski definition) is 1. The summed E-state index contributed by atoms with van der Waals surface area (Å²) in [7, 11) is -1.96. The normalized spacial score (nSPS) is 16.2. The van der Waals surface area contributed by atoms with E-state index in [0.717, 1.165) is 53.7 Å². The van der Waals surface area contributed by atoms with Gasteiger partial charge in [0.1, 0.15) is 5.75 Å². The molecule has 0 saturated carbocycles. The highest BCUT2D eigenvalue weighted by Crippen LogP contribution is 2.32. The summed E-state index contributed by atoms with van der Waals surface area (Å²) < 4.78 is 33.6. The molecule has 3 rings (SSSR count). The van der Waals surface area contributed by atoms with Crippen LogP contribution in [-0.4, -0.2) is 38.8 Å². The number of carbonyl (C=O) groups is 1. The molecule has 1 fully saturated rings. The van der Waals surface area contributed by atoms with Crippen molar-refractivity contribution in [3.8, 4) is 5.75 Å². The van der Waals surface area contributed by atoms with Crippen molar-refractivity contribution in [3.05, 3.63) is 58.1 Å². The maximum atomic E-state index is 13.3. The molecule has 1 heterocycles. The lowest BCUT2D eigenvalue weighted by molar-refractivity contribution is 0.0939. The van der Waals surface area contributed by atoms with E-state index < -0.39 is 10.0 Å². The number of hydrogen-bond acceptors (Lipinski definition) is 4. The van der Waals surface area contributed by atoms with E-state index in [-0.39, 0.29) is 22.8 Å². The van der Waals surface area contributed by atoms with Gasteiger partial charge in [-0.25, -0.2) is 8.42 Å². The van der Waals surface area contributed by atoms with E-state index in [1.54, 1.807) is 23.5 Å². The first-order valence-electron chi connectivity index (χ1n) is 12.2. The molecule has 0 radical (unpaired) electrons. The Labute approximate surface area is 204 Å². The zero-order chi connectivity index (χ0) is 25.0. The summed E-state index contributed by atoms with van der Waals surface area (Å²) in [5, 5.41) is 3.08. The number of amides is 1. The SMILES string of the molecule is COc1cc(C)c(C(C)NC(=O)c2cc(S(=O)(=O)N3CCCCCC3)ccc2C)cc1C(C)C. The van der Waals surface area contributed by atoms with Crippen LogP contribution in [0.5, 0.6) is 5.75 Å². The molecule has 1 atom stereocenters. The molecule has 1 saturated heterocycles. The minimum Gasteiger partial charge on any atom is -0.496 e. The second kappa shape index (κ2) is 10.9. The molecular formula is C27H38N2O4S. The highest BCUT2D eigenvalue weighted by atomic mass is 32.2. The summed E-state index contributed by atoms with van der Waals surface area (Å²) >= 11 is 0. The van der Waals surface area contributed by atoms with Gasteiger partial charge >= 0.3 is 0 Å². The molecule has 2 aromatic rings. The Morgan fingerprint density at radius 3 is 2.18 bits per heavy atom. The van der Waals surface area contributed by atoms with Gasteiger partial charge in [0.2, 0.25) is 10.0 Å². The van der Waals surface area contributed by atoms with E-state index in [0.29, 0.717) is 18.7 Å². The first kappa shape index (κ1) is 26.2. The van der Waals surface area contributed by atoms with Crippen LogP contribution in [-0.2, 0) is 10.0 Å². The Morgan fingerprint density at radius 2 is 1.59 bits per heavy atom. The van der Waals surface area contributed by atoms with Crippen molar-refractivity contribution in [2.24, 2.45) is 0 Å². The predicted octanol–water partition coefficient (Wildman–Crippen LogP) is 5.49. The van der Waals surface area contributed by atoms with Crippen molar-refractivity contribution < 1.29 is 17.9 Å². The van der Waals surface area contributed by atoms with Gasteiger partial charge in [0.15, 0.2) is 0 Å². The Morgan fingerprint density at radius 1 is 0.941 bits per heavy atom. The zero-order valence-corrected chi connectivity index (χ0v) is 22.1. The van der Waals surface area contributed by atoms with E-state index in [1.807, 2.05) is 26.8 Å². The summed E-state index contributed by atoms with van der Waals surface area (Å²) in [5.74, 6) is 0.844. The number of ether oxygens (including phenoxy) is 1. The van der Waals surface area contributed by atoms with Gasteiger partial charge in [-0.2, -0.15) is 4.31 Å². The van der Waals surface area contributed by atoms with Crippen LogP contribution in [0.3, 0.4) is 0 Å². The largest absolute Gasteiger partial charge is 0.496 e. The Bertz CT molecular complexity index is 1130. The predicted molar refractivity (Wildman–Crippen MR) is 136 cm³/mol. The summed E-state index contributed by atoms with van der Waals surface area (Å²) in [6, 6.07) is 8.71. The molecule has 2 aromatic carbocycles. The fourth-order valence-electron chi connectivity index (χ4n) is 4.60. The van der Waals surface area contributed by atoms with Crippen LogP contribution in [0.2, 0.25) is 0 Å². The average Bonchev–Trinajstić information content (AvgIpc) is 3.08. The lowest BCUT2D eigenvalue weighted by Gasteiger charge is -2.22. The summed E-state index contributed by atoms with van der Waals surface area (Å²) in [6.07, 6.45) is 3.84. The van der Waals surface area contributed by atoms with Gasteiger partial charge in [-0.15, -0.1) is 0 Å². The van der Waals surface area contributed by atoms with Gasteiger partial charge in [-0.3, -0.25) is 4.79 Å². The smallest absolute Gasteiger partial charge is 0.252 e. The highest BCUT2D eigenvalue weighted by molar-refractivity contribution is 7.89. The summed E-state index contributed by atoms with van der Waals surface area (Å²) in [4.78, 5) is 13.4. The fourth-order valence-corrected chi connectivity index (χ4v) is 6.14. The van der Waals surface area contributed by atoms with Gasteiger partial charge in [-0.05, 0) is 86.1 Å². The Balaban J connectivity index is 1.87. The van der Waals surface area contributed by atoms with Crippen molar-refractivity contribution in [2.75, 3.05) is 20.2 Å². The van der Waals surface area contributed by atoms with Gasteiger partial charge < -0.3 is 10.1 Å². The fraction of sp³-hybridized carbons (Fsp3) is 0.519. The number of carbonyl (C=O) groups excluding carboxylic acids is 1. The van der Waals surface area contributed by atoms with Crippen LogP contribution in [0.1, 0.15) is 91.0 Å². The number of benzene rings is 2. The van der Waals surface area contributed by atoms with Crippen molar-refractivity contribution in [1.29, 1.82) is 0 Å². The van der Waals surface area contributed by atoms with Crippen LogP contribution in [0.25, 0.3) is 0 Å². The zero-order valence-electron chi connectivity index (χ0n) is 21.3. The average molecular weight is 487 g/mol. The lowest BCUT2D eigenvalue weighted by atomic mass is 9.93. The van der Waals surface area contributed by atoms with Crippen LogP contribution in [0.4, 0.5) is 0 Å². The quantitative estimate of drug-likeness (QED) is 0.561. The van der Waals surface area contributed by atoms with Gasteiger partial charge in [0, 0.05) is 18.7 Å². The molecule has 0 bridgehead atoms. The second-order valence-corrected chi connectivity index (χ2v) is 11.5. The van der Waals surface area contributed by atoms with Crippen LogP contribution < -0.4 is 10.1 Å². The maximum absolute atomic E-state index is 13.3. The summed E-state index contributed by atoms with van der Waals surface area (Å²) in [5.41, 5.74) is 4.27. The highest BCUT2D eigenvalue weighted by Gasteiger charge is 2.27. The van der Waals surface area contributed by atoms with Crippen LogP contribution in [0, 0.1) is 13.8 Å². The van der Waals surface area contributed by atoms with Crippen LogP contribution >= 0.6 is 0 Å². The van der Waals surface area contributed by atoms with Gasteiger partial charge in [-0.1, -0.05) is 32.8 Å². The molecular weight excluding hydrogens is 448 g/mol. The van der Waals surface area contributed by atoms with E-state index in [1.165, 1.54) is 6.07 Å². The molecule has 1 aliphatic rings. The molecule has 186 valence electrons. The van der Waals surface area contributed by atoms with E-state index in [2.05, 4.69) is 25.2 Å². The molecule has 1 aliphatic heterocycles. The third-order valence-electron chi connectivity index (χ3n) is 6.71. The van der Waals surface area contributed by atoms with E-state index in [4.69, 9.17) is 4.74 Å². The molecule has 0 aromatic heterocycles. The Kier molecular flexibility index (Phi) is 8.42. The first-order valence-corrected chi connectivity index (χ1v) is 13.6. The standard InChI is InChI=1S/C27H38N2O4S/c1-18(2)23-17-24(20(4)15-26(23)33-6)21(5)28-27(30)25-16-22(12-11-19(25)3)34(31,32)29-13-9-7-8-10-14-29/h11-12,15-18,21H,7-10,13-14H2,1-6H3,(H,28,30). The minimum atomic E-state index is -3.63. The lowest BCUT2D eigenvalue weighted by Crippen LogP contribution is -2.32.